The number of piperidine rings is 1. The average Bonchev–Trinajstić information content (AvgIpc) is 2.87. The van der Waals surface area contributed by atoms with Crippen LogP contribution in [0.15, 0.2) is 0 Å². The topological polar surface area (TPSA) is 97.2 Å². The number of anilines is 1. The molecule has 1 N–H and O–H groups in total. The van der Waals surface area contributed by atoms with Crippen molar-refractivity contribution in [2.45, 2.75) is 40.2 Å². The molecule has 1 unspecified atom stereocenters. The fraction of sp³-hybridized carbons (Fsp3) is 0.769. The van der Waals surface area contributed by atoms with E-state index >= 15 is 0 Å². The maximum Gasteiger partial charge on any atom is 0.231 e. The van der Waals surface area contributed by atoms with Crippen molar-refractivity contribution in [1.29, 1.82) is 0 Å². The van der Waals surface area contributed by atoms with Gasteiger partial charge in [0.15, 0.2) is 0 Å². The lowest BCUT2D eigenvalue weighted by molar-refractivity contribution is -0.120. The molecule has 1 aliphatic heterocycles. The Kier molecular flexibility index (Phi) is 5.17. The molecule has 1 aromatic heterocycles. The Labute approximate surface area is 130 Å². The molecule has 9 heteroatoms. The van der Waals surface area contributed by atoms with Crippen LogP contribution in [0.1, 0.15) is 32.5 Å². The molecule has 2 heterocycles. The minimum atomic E-state index is -3.25. The van der Waals surface area contributed by atoms with E-state index in [1.807, 2.05) is 6.92 Å². The SMILES string of the molecule is CCn1nc(C)nc1NC(=O)C1CCCN(S(=O)(=O)CC)C1. The van der Waals surface area contributed by atoms with Crippen LogP contribution in [0.2, 0.25) is 0 Å². The van der Waals surface area contributed by atoms with Gasteiger partial charge in [0.25, 0.3) is 0 Å². The molecule has 0 bridgehead atoms. The molecule has 0 spiro atoms. The highest BCUT2D eigenvalue weighted by Gasteiger charge is 2.31. The number of nitrogens with zero attached hydrogens (tertiary/aromatic N) is 4. The summed E-state index contributed by atoms with van der Waals surface area (Å²) in [6.45, 7) is 6.63. The highest BCUT2D eigenvalue weighted by molar-refractivity contribution is 7.89. The second-order valence-electron chi connectivity index (χ2n) is 5.39. The van der Waals surface area contributed by atoms with Gasteiger partial charge < -0.3 is 0 Å². The molecule has 0 aliphatic carbocycles. The number of amides is 1. The standard InChI is InChI=1S/C13H23N5O3S/c1-4-18-13(14-10(3)16-18)15-12(19)11-7-6-8-17(9-11)22(20,21)5-2/h11H,4-9H2,1-3H3,(H,14,15,16,19). The molecule has 22 heavy (non-hydrogen) atoms. The molecule has 124 valence electrons. The third-order valence-corrected chi connectivity index (χ3v) is 5.67. The zero-order valence-electron chi connectivity index (χ0n) is 13.2. The largest absolute Gasteiger partial charge is 0.294 e. The van der Waals surface area contributed by atoms with E-state index in [-0.39, 0.29) is 24.1 Å². The zero-order chi connectivity index (χ0) is 16.3. The number of aryl methyl sites for hydroxylation is 2. The first-order valence-electron chi connectivity index (χ1n) is 7.57. The first kappa shape index (κ1) is 16.9. The molecule has 1 fully saturated rings. The molecule has 0 aromatic carbocycles. The summed E-state index contributed by atoms with van der Waals surface area (Å²) in [6, 6.07) is 0. The van der Waals surface area contributed by atoms with Gasteiger partial charge >= 0.3 is 0 Å². The van der Waals surface area contributed by atoms with Gasteiger partial charge in [-0.3, -0.25) is 10.1 Å². The van der Waals surface area contributed by atoms with Crippen LogP contribution < -0.4 is 5.32 Å². The summed E-state index contributed by atoms with van der Waals surface area (Å²) in [5.74, 6) is 0.525. The van der Waals surface area contributed by atoms with Crippen LogP contribution >= 0.6 is 0 Å². The first-order chi connectivity index (χ1) is 10.4. The van der Waals surface area contributed by atoms with Gasteiger partial charge in [0.1, 0.15) is 5.82 Å². The Morgan fingerprint density at radius 3 is 2.77 bits per heavy atom. The predicted molar refractivity (Wildman–Crippen MR) is 82.8 cm³/mol. The number of rotatable bonds is 5. The fourth-order valence-electron chi connectivity index (χ4n) is 2.57. The zero-order valence-corrected chi connectivity index (χ0v) is 14.1. The average molecular weight is 329 g/mol. The van der Waals surface area contributed by atoms with E-state index in [0.717, 1.165) is 0 Å². The third-order valence-electron chi connectivity index (χ3n) is 3.83. The second-order valence-corrected chi connectivity index (χ2v) is 7.64. The summed E-state index contributed by atoms with van der Waals surface area (Å²) in [4.78, 5) is 16.6. The van der Waals surface area contributed by atoms with Crippen molar-refractivity contribution in [2.75, 3.05) is 24.2 Å². The molecule has 0 radical (unpaired) electrons. The summed E-state index contributed by atoms with van der Waals surface area (Å²) in [7, 11) is -3.25. The van der Waals surface area contributed by atoms with Gasteiger partial charge in [-0.15, -0.1) is 0 Å². The number of carbonyl (C=O) groups is 1. The Balaban J connectivity index is 2.06. The maximum absolute atomic E-state index is 12.4. The van der Waals surface area contributed by atoms with Gasteiger partial charge in [0, 0.05) is 19.6 Å². The van der Waals surface area contributed by atoms with E-state index in [0.29, 0.717) is 37.7 Å². The van der Waals surface area contributed by atoms with Crippen molar-refractivity contribution < 1.29 is 13.2 Å². The van der Waals surface area contributed by atoms with Gasteiger partial charge in [-0.1, -0.05) is 0 Å². The summed E-state index contributed by atoms with van der Waals surface area (Å²) in [5, 5.41) is 6.95. The summed E-state index contributed by atoms with van der Waals surface area (Å²) in [6.07, 6.45) is 1.37. The summed E-state index contributed by atoms with van der Waals surface area (Å²) < 4.78 is 26.9. The van der Waals surface area contributed by atoms with E-state index in [1.165, 1.54) is 4.31 Å². The summed E-state index contributed by atoms with van der Waals surface area (Å²) in [5.41, 5.74) is 0. The predicted octanol–water partition coefficient (Wildman–Crippen LogP) is 0.607. The van der Waals surface area contributed by atoms with Gasteiger partial charge in [0.2, 0.25) is 21.9 Å². The Bertz CT molecular complexity index is 640. The Morgan fingerprint density at radius 1 is 1.41 bits per heavy atom. The Hall–Kier alpha value is -1.48. The number of carbonyl (C=O) groups excluding carboxylic acids is 1. The molecule has 1 amide bonds. The molecule has 1 aromatic rings. The molecular weight excluding hydrogens is 306 g/mol. The highest BCUT2D eigenvalue weighted by atomic mass is 32.2. The van der Waals surface area contributed by atoms with Gasteiger partial charge in [-0.05, 0) is 33.6 Å². The lowest BCUT2D eigenvalue weighted by Gasteiger charge is -2.30. The number of hydrogen-bond acceptors (Lipinski definition) is 5. The maximum atomic E-state index is 12.4. The van der Waals surface area contributed by atoms with Gasteiger partial charge in [0.05, 0.1) is 11.7 Å². The van der Waals surface area contributed by atoms with Crippen LogP contribution in [0.3, 0.4) is 0 Å². The highest BCUT2D eigenvalue weighted by Crippen LogP contribution is 2.21. The van der Waals surface area contributed by atoms with E-state index in [4.69, 9.17) is 0 Å². The van der Waals surface area contributed by atoms with E-state index in [9.17, 15) is 13.2 Å². The van der Waals surface area contributed by atoms with Crippen molar-refractivity contribution in [1.82, 2.24) is 19.1 Å². The second kappa shape index (κ2) is 6.74. The molecule has 0 saturated carbocycles. The number of nitrogens with one attached hydrogen (secondary N) is 1. The number of aromatic nitrogens is 3. The van der Waals surface area contributed by atoms with Crippen LogP contribution in [-0.2, 0) is 21.4 Å². The van der Waals surface area contributed by atoms with Crippen LogP contribution in [0.5, 0.6) is 0 Å². The van der Waals surface area contributed by atoms with Crippen LogP contribution in [0, 0.1) is 12.8 Å². The minimum absolute atomic E-state index is 0.0602. The van der Waals surface area contributed by atoms with Crippen LogP contribution in [0.25, 0.3) is 0 Å². The minimum Gasteiger partial charge on any atom is -0.294 e. The molecule has 8 nitrogen and oxygen atoms in total. The monoisotopic (exact) mass is 329 g/mol. The number of sulfonamides is 1. The third kappa shape index (κ3) is 3.64. The number of hydrogen-bond donors (Lipinski definition) is 1. The van der Waals surface area contributed by atoms with Gasteiger partial charge in [-0.2, -0.15) is 10.1 Å². The lowest BCUT2D eigenvalue weighted by atomic mass is 9.99. The Morgan fingerprint density at radius 2 is 2.14 bits per heavy atom. The molecule has 1 atom stereocenters. The van der Waals surface area contributed by atoms with Crippen molar-refractivity contribution in [3.63, 3.8) is 0 Å². The van der Waals surface area contributed by atoms with Crippen molar-refractivity contribution in [2.24, 2.45) is 5.92 Å². The van der Waals surface area contributed by atoms with E-state index in [2.05, 4.69) is 15.4 Å². The van der Waals surface area contributed by atoms with Crippen LogP contribution in [-0.4, -0.2) is 52.2 Å². The molecular formula is C13H23N5O3S. The van der Waals surface area contributed by atoms with Crippen molar-refractivity contribution in [3.8, 4) is 0 Å². The van der Waals surface area contributed by atoms with Crippen LogP contribution in [0.4, 0.5) is 5.95 Å². The molecule has 2 rings (SSSR count). The van der Waals surface area contributed by atoms with E-state index < -0.39 is 10.0 Å². The smallest absolute Gasteiger partial charge is 0.231 e. The summed E-state index contributed by atoms with van der Waals surface area (Å²) >= 11 is 0. The normalized spacial score (nSPS) is 20.0. The molecule has 1 aliphatic rings. The molecule has 1 saturated heterocycles. The van der Waals surface area contributed by atoms with Gasteiger partial charge in [-0.25, -0.2) is 17.4 Å². The van der Waals surface area contributed by atoms with Crippen molar-refractivity contribution in [3.05, 3.63) is 5.82 Å². The van der Waals surface area contributed by atoms with Crippen molar-refractivity contribution >= 4 is 21.9 Å². The van der Waals surface area contributed by atoms with E-state index in [1.54, 1.807) is 18.5 Å². The quantitative estimate of drug-likeness (QED) is 0.853. The fourth-order valence-corrected chi connectivity index (χ4v) is 3.75. The first-order valence-corrected chi connectivity index (χ1v) is 9.18. The lowest BCUT2D eigenvalue weighted by Crippen LogP contribution is -2.44.